The van der Waals surface area contributed by atoms with E-state index >= 15 is 0 Å². The van der Waals surface area contributed by atoms with Crippen LogP contribution in [-0.4, -0.2) is 17.6 Å². The molecule has 0 spiro atoms. The van der Waals surface area contributed by atoms with Gasteiger partial charge in [0.1, 0.15) is 0 Å². The van der Waals surface area contributed by atoms with Crippen molar-refractivity contribution in [2.75, 3.05) is 0 Å². The maximum atomic E-state index is 6.08. The minimum absolute atomic E-state index is 0.421. The smallest absolute Gasteiger partial charge is 0.0608 e. The van der Waals surface area contributed by atoms with Crippen LogP contribution in [0.25, 0.3) is 0 Å². The summed E-state index contributed by atoms with van der Waals surface area (Å²) in [6.45, 7) is 2.17. The summed E-state index contributed by atoms with van der Waals surface area (Å²) < 4.78 is 5.75. The molecule has 11 heavy (non-hydrogen) atoms. The molecule has 1 saturated carbocycles. The van der Waals surface area contributed by atoms with Crippen LogP contribution in [-0.2, 0) is 4.74 Å². The Morgan fingerprint density at radius 3 is 2.91 bits per heavy atom. The lowest BCUT2D eigenvalue weighted by Gasteiger charge is -2.26. The highest BCUT2D eigenvalue weighted by Gasteiger charge is 2.37. The summed E-state index contributed by atoms with van der Waals surface area (Å²) in [5, 5.41) is 0.421. The van der Waals surface area contributed by atoms with Crippen molar-refractivity contribution in [2.24, 2.45) is 5.92 Å². The molecule has 0 radical (unpaired) electrons. The first-order valence-electron chi connectivity index (χ1n) is 4.55. The fourth-order valence-corrected chi connectivity index (χ4v) is 2.74. The van der Waals surface area contributed by atoms with Gasteiger partial charge in [-0.3, -0.25) is 0 Å². The van der Waals surface area contributed by atoms with E-state index in [2.05, 4.69) is 6.92 Å². The van der Waals surface area contributed by atoms with Crippen molar-refractivity contribution in [3.8, 4) is 0 Å². The van der Waals surface area contributed by atoms with E-state index in [1.807, 2.05) is 0 Å². The first-order valence-corrected chi connectivity index (χ1v) is 4.99. The van der Waals surface area contributed by atoms with Crippen LogP contribution in [0.1, 0.15) is 32.6 Å². The van der Waals surface area contributed by atoms with E-state index in [1.54, 1.807) is 0 Å². The van der Waals surface area contributed by atoms with Gasteiger partial charge in [-0.1, -0.05) is 0 Å². The molecule has 0 bridgehead atoms. The van der Waals surface area contributed by atoms with Crippen LogP contribution in [0.2, 0.25) is 0 Å². The third-order valence-corrected chi connectivity index (χ3v) is 3.29. The minimum atomic E-state index is 0.421. The van der Waals surface area contributed by atoms with Gasteiger partial charge >= 0.3 is 0 Å². The predicted molar refractivity (Wildman–Crippen MR) is 45.9 cm³/mol. The number of hydrogen-bond donors (Lipinski definition) is 0. The molecule has 4 atom stereocenters. The van der Waals surface area contributed by atoms with Crippen molar-refractivity contribution in [2.45, 2.75) is 50.2 Å². The highest BCUT2D eigenvalue weighted by atomic mass is 35.5. The maximum absolute atomic E-state index is 6.08. The largest absolute Gasteiger partial charge is 0.375 e. The number of alkyl halides is 1. The zero-order valence-corrected chi connectivity index (χ0v) is 7.68. The molecule has 1 heterocycles. The van der Waals surface area contributed by atoms with Gasteiger partial charge in [-0.05, 0) is 38.5 Å². The van der Waals surface area contributed by atoms with Crippen LogP contribution in [0, 0.1) is 5.92 Å². The van der Waals surface area contributed by atoms with Crippen LogP contribution in [0.3, 0.4) is 0 Å². The molecular formula is C9H15ClO. The molecule has 64 valence electrons. The monoisotopic (exact) mass is 174 g/mol. The normalized spacial score (nSPS) is 50.7. The van der Waals surface area contributed by atoms with Gasteiger partial charge in [-0.15, -0.1) is 11.6 Å². The molecule has 0 N–H and O–H groups in total. The van der Waals surface area contributed by atoms with E-state index in [9.17, 15) is 0 Å². The number of hydrogen-bond acceptors (Lipinski definition) is 1. The molecule has 2 rings (SSSR count). The van der Waals surface area contributed by atoms with E-state index < -0.39 is 0 Å². The van der Waals surface area contributed by atoms with Crippen molar-refractivity contribution in [3.63, 3.8) is 0 Å². The van der Waals surface area contributed by atoms with Gasteiger partial charge in [0.05, 0.1) is 12.2 Å². The highest BCUT2D eigenvalue weighted by Crippen LogP contribution is 2.38. The van der Waals surface area contributed by atoms with Gasteiger partial charge in [0.25, 0.3) is 0 Å². The second kappa shape index (κ2) is 2.95. The van der Waals surface area contributed by atoms with Crippen molar-refractivity contribution >= 4 is 11.6 Å². The number of halogens is 1. The minimum Gasteiger partial charge on any atom is -0.375 e. The van der Waals surface area contributed by atoms with Crippen LogP contribution in [0.4, 0.5) is 0 Å². The third kappa shape index (κ3) is 1.54. The molecular weight excluding hydrogens is 160 g/mol. The lowest BCUT2D eigenvalue weighted by atomic mass is 9.85. The Balaban J connectivity index is 1.97. The van der Waals surface area contributed by atoms with Crippen molar-refractivity contribution in [3.05, 3.63) is 0 Å². The first kappa shape index (κ1) is 7.88. The summed E-state index contributed by atoms with van der Waals surface area (Å²) in [5.74, 6) is 0.765. The highest BCUT2D eigenvalue weighted by molar-refractivity contribution is 6.20. The van der Waals surface area contributed by atoms with E-state index in [0.717, 1.165) is 12.3 Å². The molecule has 0 aromatic rings. The quantitative estimate of drug-likeness (QED) is 0.513. The van der Waals surface area contributed by atoms with E-state index in [1.165, 1.54) is 19.3 Å². The molecule has 0 amide bonds. The summed E-state index contributed by atoms with van der Waals surface area (Å²) in [5.41, 5.74) is 0. The predicted octanol–water partition coefficient (Wildman–Crippen LogP) is 2.57. The SMILES string of the molecule is C[C@@H]1CC2CC(Cl)CC[C@@H]2O1. The fraction of sp³-hybridized carbons (Fsp3) is 1.00. The average Bonchev–Trinajstić information content (AvgIpc) is 2.27. The molecule has 0 aromatic heterocycles. The molecule has 0 aromatic carbocycles. The topological polar surface area (TPSA) is 9.23 Å². The molecule has 1 aliphatic heterocycles. The lowest BCUT2D eigenvalue weighted by molar-refractivity contribution is 0.0278. The van der Waals surface area contributed by atoms with Gasteiger partial charge in [0, 0.05) is 5.38 Å². The van der Waals surface area contributed by atoms with Gasteiger partial charge in [-0.2, -0.15) is 0 Å². The molecule has 1 nitrogen and oxygen atoms in total. The number of ether oxygens (including phenoxy) is 1. The summed E-state index contributed by atoms with van der Waals surface area (Å²) >= 11 is 6.08. The lowest BCUT2D eigenvalue weighted by Crippen LogP contribution is -2.25. The zero-order valence-electron chi connectivity index (χ0n) is 6.92. The summed E-state index contributed by atoms with van der Waals surface area (Å²) in [6, 6.07) is 0. The second-order valence-corrected chi connectivity index (χ2v) is 4.51. The first-order chi connectivity index (χ1) is 5.25. The van der Waals surface area contributed by atoms with E-state index in [4.69, 9.17) is 16.3 Å². The van der Waals surface area contributed by atoms with Gasteiger partial charge in [0.15, 0.2) is 0 Å². The second-order valence-electron chi connectivity index (χ2n) is 3.89. The summed E-state index contributed by atoms with van der Waals surface area (Å²) in [7, 11) is 0. The Bertz CT molecular complexity index is 148. The molecule has 2 unspecified atom stereocenters. The average molecular weight is 175 g/mol. The molecule has 1 saturated heterocycles. The van der Waals surface area contributed by atoms with Gasteiger partial charge in [0.2, 0.25) is 0 Å². The van der Waals surface area contributed by atoms with Crippen LogP contribution >= 0.6 is 11.6 Å². The van der Waals surface area contributed by atoms with E-state index in [-0.39, 0.29) is 0 Å². The van der Waals surface area contributed by atoms with Gasteiger partial charge in [-0.25, -0.2) is 0 Å². The van der Waals surface area contributed by atoms with Crippen LogP contribution < -0.4 is 0 Å². The Hall–Kier alpha value is 0.250. The number of fused-ring (bicyclic) bond motifs is 1. The third-order valence-electron chi connectivity index (χ3n) is 2.89. The van der Waals surface area contributed by atoms with Crippen LogP contribution in [0.5, 0.6) is 0 Å². The molecule has 2 fully saturated rings. The van der Waals surface area contributed by atoms with Gasteiger partial charge < -0.3 is 4.74 Å². The molecule has 2 aliphatic rings. The standard InChI is InChI=1S/C9H15ClO/c1-6-4-7-5-8(10)2-3-9(7)11-6/h6-9H,2-5H2,1H3/t6-,7?,8?,9+/m1/s1. The Morgan fingerprint density at radius 1 is 1.27 bits per heavy atom. The van der Waals surface area contributed by atoms with E-state index in [0.29, 0.717) is 17.6 Å². The molecule has 1 aliphatic carbocycles. The Kier molecular flexibility index (Phi) is 2.11. The van der Waals surface area contributed by atoms with Crippen molar-refractivity contribution < 1.29 is 4.74 Å². The maximum Gasteiger partial charge on any atom is 0.0608 e. The summed E-state index contributed by atoms with van der Waals surface area (Å²) in [4.78, 5) is 0. The van der Waals surface area contributed by atoms with Crippen molar-refractivity contribution in [1.82, 2.24) is 0 Å². The number of rotatable bonds is 0. The fourth-order valence-electron chi connectivity index (χ4n) is 2.39. The Morgan fingerprint density at radius 2 is 2.09 bits per heavy atom. The van der Waals surface area contributed by atoms with Crippen molar-refractivity contribution in [1.29, 1.82) is 0 Å². The zero-order chi connectivity index (χ0) is 7.84. The molecule has 2 heteroatoms. The Labute approximate surface area is 73.1 Å². The van der Waals surface area contributed by atoms with Crippen LogP contribution in [0.15, 0.2) is 0 Å². The summed E-state index contributed by atoms with van der Waals surface area (Å²) in [6.07, 6.45) is 5.76.